The Morgan fingerprint density at radius 3 is 2.00 bits per heavy atom. The lowest BCUT2D eigenvalue weighted by atomic mass is 10.0. The van der Waals surface area contributed by atoms with Gasteiger partial charge in [0.1, 0.15) is 0 Å². The van der Waals surface area contributed by atoms with Gasteiger partial charge in [0.05, 0.1) is 6.10 Å². The predicted molar refractivity (Wildman–Crippen MR) is 36.1 cm³/mol. The molecule has 0 fully saturated rings. The van der Waals surface area contributed by atoms with Crippen LogP contribution in [-0.2, 0) is 4.74 Å². The van der Waals surface area contributed by atoms with Crippen LogP contribution < -0.4 is 0 Å². The van der Waals surface area contributed by atoms with Crippen molar-refractivity contribution in [2.75, 3.05) is 0 Å². The number of ether oxygens (including phenoxy) is 1. The van der Waals surface area contributed by atoms with Crippen molar-refractivity contribution < 1.29 is 17.9 Å². The van der Waals surface area contributed by atoms with Crippen LogP contribution in [0.4, 0.5) is 13.2 Å². The van der Waals surface area contributed by atoms with Crippen molar-refractivity contribution in [3.63, 3.8) is 0 Å². The molecule has 0 aliphatic rings. The first-order valence-electron chi connectivity index (χ1n) is 3.61. The van der Waals surface area contributed by atoms with Crippen LogP contribution in [0.3, 0.4) is 0 Å². The lowest BCUT2D eigenvalue weighted by Crippen LogP contribution is -2.26. The third-order valence-corrected chi connectivity index (χ3v) is 1.76. The number of alkyl halides is 3. The molecule has 0 aliphatic carbocycles. The van der Waals surface area contributed by atoms with Crippen LogP contribution in [0.15, 0.2) is 0 Å². The quantitative estimate of drug-likeness (QED) is 0.632. The van der Waals surface area contributed by atoms with E-state index >= 15 is 0 Å². The van der Waals surface area contributed by atoms with Crippen LogP contribution in [0.25, 0.3) is 0 Å². The highest BCUT2D eigenvalue weighted by molar-refractivity contribution is 4.58. The second-order valence-electron chi connectivity index (χ2n) is 2.65. The third-order valence-electron chi connectivity index (χ3n) is 1.76. The Morgan fingerprint density at radius 1 is 1.27 bits per heavy atom. The van der Waals surface area contributed by atoms with Gasteiger partial charge in [-0.05, 0) is 12.8 Å². The van der Waals surface area contributed by atoms with E-state index in [9.17, 15) is 13.2 Å². The minimum Gasteiger partial charge on any atom is -0.289 e. The maximum atomic E-state index is 11.6. The molecule has 0 aromatic heterocycles. The largest absolute Gasteiger partial charge is 0.522 e. The van der Waals surface area contributed by atoms with Gasteiger partial charge in [-0.2, -0.15) is 0 Å². The van der Waals surface area contributed by atoms with Crippen LogP contribution in [-0.4, -0.2) is 12.5 Å². The summed E-state index contributed by atoms with van der Waals surface area (Å²) in [5.41, 5.74) is 0. The molecule has 0 bridgehead atoms. The SMILES string of the molecule is CCC(C)C(C)OC(F)(F)F. The second kappa shape index (κ2) is 3.95. The average Bonchev–Trinajstić information content (AvgIpc) is 1.82. The fourth-order valence-corrected chi connectivity index (χ4v) is 0.659. The van der Waals surface area contributed by atoms with Crippen LogP contribution in [0.2, 0.25) is 0 Å². The van der Waals surface area contributed by atoms with Crippen molar-refractivity contribution in [1.82, 2.24) is 0 Å². The van der Waals surface area contributed by atoms with Crippen LogP contribution in [0.1, 0.15) is 27.2 Å². The van der Waals surface area contributed by atoms with E-state index in [0.29, 0.717) is 6.42 Å². The minimum atomic E-state index is -4.50. The van der Waals surface area contributed by atoms with Crippen molar-refractivity contribution in [3.8, 4) is 0 Å². The molecule has 0 saturated carbocycles. The molecule has 0 amide bonds. The zero-order valence-electron chi connectivity index (χ0n) is 6.90. The van der Waals surface area contributed by atoms with E-state index in [0.717, 1.165) is 0 Å². The molecule has 68 valence electrons. The van der Waals surface area contributed by atoms with Gasteiger partial charge in [0.25, 0.3) is 0 Å². The zero-order valence-corrected chi connectivity index (χ0v) is 6.90. The van der Waals surface area contributed by atoms with E-state index in [2.05, 4.69) is 4.74 Å². The maximum absolute atomic E-state index is 11.6. The molecule has 0 N–H and O–H groups in total. The first-order valence-corrected chi connectivity index (χ1v) is 3.61. The Balaban J connectivity index is 3.77. The summed E-state index contributed by atoms with van der Waals surface area (Å²) in [6.07, 6.45) is -4.56. The molecule has 2 atom stereocenters. The lowest BCUT2D eigenvalue weighted by Gasteiger charge is -2.19. The molecule has 0 aromatic carbocycles. The molecule has 1 nitrogen and oxygen atoms in total. The standard InChI is InChI=1S/C7H13F3O/c1-4-5(2)6(3)11-7(8,9)10/h5-6H,4H2,1-3H3. The molecular weight excluding hydrogens is 157 g/mol. The van der Waals surface area contributed by atoms with Crippen LogP contribution in [0, 0.1) is 5.92 Å². The fourth-order valence-electron chi connectivity index (χ4n) is 0.659. The first kappa shape index (κ1) is 10.8. The summed E-state index contributed by atoms with van der Waals surface area (Å²) in [6, 6.07) is 0. The van der Waals surface area contributed by atoms with E-state index < -0.39 is 12.5 Å². The normalized spacial score (nSPS) is 18.0. The zero-order chi connectivity index (χ0) is 9.07. The molecule has 0 rings (SSSR count). The predicted octanol–water partition coefficient (Wildman–Crippen LogP) is 2.96. The van der Waals surface area contributed by atoms with Crippen molar-refractivity contribution in [1.29, 1.82) is 0 Å². The summed E-state index contributed by atoms with van der Waals surface area (Å²) >= 11 is 0. The van der Waals surface area contributed by atoms with Gasteiger partial charge >= 0.3 is 6.36 Å². The number of hydrogen-bond donors (Lipinski definition) is 0. The van der Waals surface area contributed by atoms with E-state index in [1.54, 1.807) is 6.92 Å². The second-order valence-corrected chi connectivity index (χ2v) is 2.65. The Labute approximate surface area is 64.5 Å². The Kier molecular flexibility index (Phi) is 3.86. The summed E-state index contributed by atoms with van der Waals surface area (Å²) in [6.45, 7) is 5.00. The van der Waals surface area contributed by atoms with Gasteiger partial charge in [-0.25, -0.2) is 0 Å². The summed E-state index contributed by atoms with van der Waals surface area (Å²) in [5, 5.41) is 0. The average molecular weight is 170 g/mol. The van der Waals surface area contributed by atoms with E-state index in [1.807, 2.05) is 6.92 Å². The molecule has 0 spiro atoms. The van der Waals surface area contributed by atoms with Crippen molar-refractivity contribution in [2.45, 2.75) is 39.7 Å². The van der Waals surface area contributed by atoms with Gasteiger partial charge in [-0.15, -0.1) is 13.2 Å². The Bertz CT molecular complexity index is 111. The highest BCUT2D eigenvalue weighted by atomic mass is 19.4. The molecule has 0 aliphatic heterocycles. The first-order chi connectivity index (χ1) is 4.87. The third kappa shape index (κ3) is 5.07. The smallest absolute Gasteiger partial charge is 0.289 e. The van der Waals surface area contributed by atoms with E-state index in [4.69, 9.17) is 0 Å². The molecule has 0 saturated heterocycles. The van der Waals surface area contributed by atoms with Gasteiger partial charge in [0, 0.05) is 0 Å². The monoisotopic (exact) mass is 170 g/mol. The summed E-state index contributed by atoms with van der Waals surface area (Å²) in [4.78, 5) is 0. The molecule has 0 aromatic rings. The van der Waals surface area contributed by atoms with Crippen molar-refractivity contribution in [3.05, 3.63) is 0 Å². The maximum Gasteiger partial charge on any atom is 0.522 e. The molecule has 11 heavy (non-hydrogen) atoms. The number of rotatable bonds is 3. The Hall–Kier alpha value is -0.250. The van der Waals surface area contributed by atoms with Gasteiger partial charge < -0.3 is 0 Å². The summed E-state index contributed by atoms with van der Waals surface area (Å²) < 4.78 is 38.5. The van der Waals surface area contributed by atoms with Crippen LogP contribution in [0.5, 0.6) is 0 Å². The van der Waals surface area contributed by atoms with Gasteiger partial charge in [-0.3, -0.25) is 4.74 Å². The highest BCUT2D eigenvalue weighted by Crippen LogP contribution is 2.22. The molecule has 2 unspecified atom stereocenters. The van der Waals surface area contributed by atoms with E-state index in [-0.39, 0.29) is 5.92 Å². The minimum absolute atomic E-state index is 0.0587. The Morgan fingerprint density at radius 2 is 1.73 bits per heavy atom. The van der Waals surface area contributed by atoms with E-state index in [1.165, 1.54) is 6.92 Å². The number of halogens is 3. The molecule has 0 radical (unpaired) electrons. The summed E-state index contributed by atoms with van der Waals surface area (Å²) in [5.74, 6) is -0.0587. The fraction of sp³-hybridized carbons (Fsp3) is 1.00. The molecule has 0 heterocycles. The highest BCUT2D eigenvalue weighted by Gasteiger charge is 2.33. The van der Waals surface area contributed by atoms with Crippen molar-refractivity contribution >= 4 is 0 Å². The lowest BCUT2D eigenvalue weighted by molar-refractivity contribution is -0.345. The molecular formula is C7H13F3O. The summed E-state index contributed by atoms with van der Waals surface area (Å²) in [7, 11) is 0. The van der Waals surface area contributed by atoms with Crippen LogP contribution >= 0.6 is 0 Å². The number of hydrogen-bond acceptors (Lipinski definition) is 1. The topological polar surface area (TPSA) is 9.23 Å². The molecule has 4 heteroatoms. The van der Waals surface area contributed by atoms with Gasteiger partial charge in [-0.1, -0.05) is 20.3 Å². The van der Waals surface area contributed by atoms with Gasteiger partial charge in [0.2, 0.25) is 0 Å². The van der Waals surface area contributed by atoms with Gasteiger partial charge in [0.15, 0.2) is 0 Å². The van der Waals surface area contributed by atoms with Crippen molar-refractivity contribution in [2.24, 2.45) is 5.92 Å².